The topological polar surface area (TPSA) is 105 Å². The number of morpholine rings is 1. The number of hydrazone groups is 1. The van der Waals surface area contributed by atoms with E-state index in [-0.39, 0.29) is 11.6 Å². The maximum Gasteiger partial charge on any atom is 0.274 e. The van der Waals surface area contributed by atoms with Gasteiger partial charge >= 0.3 is 0 Å². The van der Waals surface area contributed by atoms with E-state index in [4.69, 9.17) is 15.3 Å². The van der Waals surface area contributed by atoms with Crippen molar-refractivity contribution in [2.75, 3.05) is 43.2 Å². The van der Waals surface area contributed by atoms with Gasteiger partial charge in [0.15, 0.2) is 0 Å². The molecule has 1 fully saturated rings. The fourth-order valence-corrected chi connectivity index (χ4v) is 2.88. The lowest BCUT2D eigenvalue weighted by Gasteiger charge is -2.35. The zero-order chi connectivity index (χ0) is 18.4. The normalized spacial score (nSPS) is 17.0. The van der Waals surface area contributed by atoms with Crippen molar-refractivity contribution in [3.8, 4) is 12.1 Å². The second-order valence-corrected chi connectivity index (χ2v) is 5.78. The number of amides is 1. The number of hydrogen-bond donors (Lipinski definition) is 1. The summed E-state index contributed by atoms with van der Waals surface area (Å²) >= 11 is 0. The van der Waals surface area contributed by atoms with Gasteiger partial charge in [-0.25, -0.2) is 0 Å². The third-order valence-electron chi connectivity index (χ3n) is 4.19. The number of carbonyl (C=O) groups is 1. The van der Waals surface area contributed by atoms with Crippen LogP contribution in [0.4, 0.5) is 11.4 Å². The van der Waals surface area contributed by atoms with E-state index in [0.29, 0.717) is 25.4 Å². The van der Waals surface area contributed by atoms with E-state index in [1.165, 1.54) is 0 Å². The average Bonchev–Trinajstić information content (AvgIpc) is 2.70. The van der Waals surface area contributed by atoms with Gasteiger partial charge in [-0.05, 0) is 30.7 Å². The van der Waals surface area contributed by atoms with Crippen molar-refractivity contribution >= 4 is 23.0 Å². The van der Waals surface area contributed by atoms with Crippen LogP contribution in [0.15, 0.2) is 41.1 Å². The maximum absolute atomic E-state index is 12.9. The van der Waals surface area contributed by atoms with E-state index in [1.807, 2.05) is 18.2 Å². The van der Waals surface area contributed by atoms with Crippen molar-refractivity contribution in [1.29, 1.82) is 10.5 Å². The smallest absolute Gasteiger partial charge is 0.274 e. The van der Waals surface area contributed by atoms with Crippen LogP contribution in [0.1, 0.15) is 6.42 Å². The van der Waals surface area contributed by atoms with Gasteiger partial charge in [0.1, 0.15) is 12.1 Å². The Morgan fingerprint density at radius 2 is 1.81 bits per heavy atom. The zero-order valence-electron chi connectivity index (χ0n) is 14.2. The van der Waals surface area contributed by atoms with Gasteiger partial charge < -0.3 is 14.5 Å². The van der Waals surface area contributed by atoms with Gasteiger partial charge in [-0.1, -0.05) is 6.08 Å². The summed E-state index contributed by atoms with van der Waals surface area (Å²) in [4.78, 5) is 16.7. The predicted octanol–water partition coefficient (Wildman–Crippen LogP) is 1.45. The molecule has 8 heteroatoms. The summed E-state index contributed by atoms with van der Waals surface area (Å²) in [6, 6.07) is 10.5. The van der Waals surface area contributed by atoms with Crippen LogP contribution in [0.5, 0.6) is 0 Å². The number of anilines is 2. The predicted molar refractivity (Wildman–Crippen MR) is 96.2 cm³/mol. The Hall–Kier alpha value is -3.36. The standard InChI is InChI=1S/C18H18N6O2/c19-12-15(13-20)22-21-14-3-5-16(6-4-14)24-7-1-2-17(18(24)25)23-8-10-26-11-9-23/h2-6,21H,1,7-11H2. The van der Waals surface area contributed by atoms with Gasteiger partial charge in [0, 0.05) is 25.3 Å². The molecule has 2 heterocycles. The molecule has 0 atom stereocenters. The summed E-state index contributed by atoms with van der Waals surface area (Å²) in [5, 5.41) is 21.0. The van der Waals surface area contributed by atoms with Gasteiger partial charge in [-0.15, -0.1) is 0 Å². The van der Waals surface area contributed by atoms with Gasteiger partial charge in [0.25, 0.3) is 5.91 Å². The molecule has 2 aliphatic heterocycles. The average molecular weight is 350 g/mol. The molecule has 0 radical (unpaired) electrons. The minimum Gasteiger partial charge on any atom is -0.378 e. The Balaban J connectivity index is 1.70. The Kier molecular flexibility index (Phi) is 5.47. The quantitative estimate of drug-likeness (QED) is 0.651. The van der Waals surface area contributed by atoms with E-state index in [1.54, 1.807) is 29.2 Å². The Morgan fingerprint density at radius 3 is 2.46 bits per heavy atom. The molecule has 1 saturated heterocycles. The van der Waals surface area contributed by atoms with Crippen LogP contribution < -0.4 is 10.3 Å². The third-order valence-corrected chi connectivity index (χ3v) is 4.19. The highest BCUT2D eigenvalue weighted by atomic mass is 16.5. The molecule has 1 aromatic carbocycles. The number of nitrogens with one attached hydrogen (secondary N) is 1. The number of nitriles is 2. The second-order valence-electron chi connectivity index (χ2n) is 5.78. The highest BCUT2D eigenvalue weighted by Gasteiger charge is 2.28. The first-order chi connectivity index (χ1) is 12.7. The molecule has 1 amide bonds. The highest BCUT2D eigenvalue weighted by Crippen LogP contribution is 2.24. The first kappa shape index (κ1) is 17.5. The minimum absolute atomic E-state index is 0.00636. The molecule has 26 heavy (non-hydrogen) atoms. The Bertz CT molecular complexity index is 794. The number of rotatable bonds is 4. The van der Waals surface area contributed by atoms with E-state index in [2.05, 4.69) is 15.4 Å². The lowest BCUT2D eigenvalue weighted by molar-refractivity contribution is -0.117. The fourth-order valence-electron chi connectivity index (χ4n) is 2.88. The first-order valence-electron chi connectivity index (χ1n) is 8.31. The van der Waals surface area contributed by atoms with Crippen molar-refractivity contribution in [2.24, 2.45) is 5.10 Å². The van der Waals surface area contributed by atoms with Crippen LogP contribution in [0.25, 0.3) is 0 Å². The summed E-state index contributed by atoms with van der Waals surface area (Å²) in [7, 11) is 0. The van der Waals surface area contributed by atoms with E-state index in [0.717, 1.165) is 30.9 Å². The molecule has 8 nitrogen and oxygen atoms in total. The summed E-state index contributed by atoms with van der Waals surface area (Å²) in [6.45, 7) is 3.36. The number of benzene rings is 1. The molecule has 132 valence electrons. The summed E-state index contributed by atoms with van der Waals surface area (Å²) < 4.78 is 5.35. The van der Waals surface area contributed by atoms with Gasteiger partial charge in [-0.2, -0.15) is 15.6 Å². The molecular formula is C18H18N6O2. The summed E-state index contributed by atoms with van der Waals surface area (Å²) in [5.41, 5.74) is 4.57. The van der Waals surface area contributed by atoms with Crippen molar-refractivity contribution < 1.29 is 9.53 Å². The van der Waals surface area contributed by atoms with Crippen LogP contribution >= 0.6 is 0 Å². The van der Waals surface area contributed by atoms with Crippen molar-refractivity contribution in [3.63, 3.8) is 0 Å². The first-order valence-corrected chi connectivity index (χ1v) is 8.31. The summed E-state index contributed by atoms with van der Waals surface area (Å²) in [6.07, 6.45) is 2.80. The SMILES string of the molecule is N#CC(C#N)=NNc1ccc(N2CCC=C(N3CCOCC3)C2=O)cc1. The van der Waals surface area contributed by atoms with E-state index < -0.39 is 0 Å². The van der Waals surface area contributed by atoms with Gasteiger partial charge in [0.05, 0.1) is 24.6 Å². The third kappa shape index (κ3) is 3.82. The largest absolute Gasteiger partial charge is 0.378 e. The number of nitrogens with zero attached hydrogens (tertiary/aromatic N) is 5. The van der Waals surface area contributed by atoms with Crippen molar-refractivity contribution in [2.45, 2.75) is 6.42 Å². The Labute approximate surface area is 151 Å². The zero-order valence-corrected chi connectivity index (χ0v) is 14.2. The number of hydrogen-bond acceptors (Lipinski definition) is 7. The molecule has 0 saturated carbocycles. The Morgan fingerprint density at radius 1 is 1.12 bits per heavy atom. The molecular weight excluding hydrogens is 332 g/mol. The highest BCUT2D eigenvalue weighted by molar-refractivity contribution is 6.10. The summed E-state index contributed by atoms with van der Waals surface area (Å²) in [5.74, 6) is -0.00636. The van der Waals surface area contributed by atoms with Gasteiger partial charge in [-0.3, -0.25) is 10.2 Å². The molecule has 0 aliphatic carbocycles. The van der Waals surface area contributed by atoms with Crippen molar-refractivity contribution in [1.82, 2.24) is 4.90 Å². The molecule has 0 aromatic heterocycles. The van der Waals surface area contributed by atoms with E-state index in [9.17, 15) is 4.79 Å². The lowest BCUT2D eigenvalue weighted by atomic mass is 10.1. The van der Waals surface area contributed by atoms with Crippen LogP contribution in [0.2, 0.25) is 0 Å². The second kappa shape index (κ2) is 8.15. The molecule has 3 rings (SSSR count). The fraction of sp³-hybridized carbons (Fsp3) is 0.333. The monoisotopic (exact) mass is 350 g/mol. The number of carbonyl (C=O) groups excluding carboxylic acids is 1. The molecule has 1 N–H and O–H groups in total. The van der Waals surface area contributed by atoms with Crippen LogP contribution in [-0.4, -0.2) is 49.4 Å². The minimum atomic E-state index is -0.249. The van der Waals surface area contributed by atoms with Crippen molar-refractivity contribution in [3.05, 3.63) is 36.0 Å². The van der Waals surface area contributed by atoms with Crippen LogP contribution in [0, 0.1) is 22.7 Å². The van der Waals surface area contributed by atoms with Crippen LogP contribution in [0.3, 0.4) is 0 Å². The van der Waals surface area contributed by atoms with Gasteiger partial charge in [0.2, 0.25) is 5.71 Å². The molecule has 1 aromatic rings. The van der Waals surface area contributed by atoms with Crippen LogP contribution in [-0.2, 0) is 9.53 Å². The lowest BCUT2D eigenvalue weighted by Crippen LogP contribution is -2.45. The maximum atomic E-state index is 12.9. The van der Waals surface area contributed by atoms with E-state index >= 15 is 0 Å². The molecule has 0 spiro atoms. The molecule has 2 aliphatic rings. The molecule has 0 bridgehead atoms. The molecule has 0 unspecified atom stereocenters. The number of ether oxygens (including phenoxy) is 1.